The molecule has 7 nitrogen and oxygen atoms in total. The molecule has 1 atom stereocenters. The van der Waals surface area contributed by atoms with E-state index in [2.05, 4.69) is 10.3 Å². The van der Waals surface area contributed by atoms with Crippen molar-refractivity contribution in [3.8, 4) is 22.8 Å². The maximum atomic E-state index is 12.8. The monoisotopic (exact) mass is 401 g/mol. The number of oxazole rings is 1. The van der Waals surface area contributed by atoms with E-state index in [9.17, 15) is 4.79 Å². The third-order valence-electron chi connectivity index (χ3n) is 4.48. The summed E-state index contributed by atoms with van der Waals surface area (Å²) < 4.78 is 16.6. The van der Waals surface area contributed by atoms with Crippen molar-refractivity contribution in [1.29, 1.82) is 0 Å². The molecule has 142 valence electrons. The molecule has 0 saturated carbocycles. The first-order chi connectivity index (χ1) is 11.7. The second-order valence-corrected chi connectivity index (χ2v) is 5.95. The number of halogens is 2. The van der Waals surface area contributed by atoms with Gasteiger partial charge in [0.05, 0.1) is 0 Å². The molecule has 1 aromatic heterocycles. The van der Waals surface area contributed by atoms with Crippen LogP contribution in [0.5, 0.6) is 11.5 Å². The summed E-state index contributed by atoms with van der Waals surface area (Å²) >= 11 is 0. The molecule has 9 heteroatoms. The Morgan fingerprint density at radius 3 is 2.73 bits per heavy atom. The zero-order valence-corrected chi connectivity index (χ0v) is 15.9. The Hall–Kier alpha value is -1.96. The first kappa shape index (κ1) is 20.4. The summed E-state index contributed by atoms with van der Waals surface area (Å²) in [5.41, 5.74) is 1.07. The Labute approximate surface area is 163 Å². The quantitative estimate of drug-likeness (QED) is 0.850. The van der Waals surface area contributed by atoms with Crippen LogP contribution in [-0.2, 0) is 0 Å². The standard InChI is InChI=1S/C17H19N3O4.2ClH/c1-20(12-4-5-18-9-12)17(21)15-16(24-10-19-15)11-2-3-13-14(8-11)23-7-6-22-13;;/h2-3,8,10,12,18H,4-7,9H2,1H3;2*1H. The number of nitrogens with one attached hydrogen (secondary N) is 1. The number of carbonyl (C=O) groups is 1. The van der Waals surface area contributed by atoms with Gasteiger partial charge in [0.2, 0.25) is 0 Å². The van der Waals surface area contributed by atoms with Crippen LogP contribution >= 0.6 is 24.8 Å². The number of carbonyl (C=O) groups excluding carboxylic acids is 1. The first-order valence-electron chi connectivity index (χ1n) is 8.05. The Morgan fingerprint density at radius 2 is 2.00 bits per heavy atom. The molecule has 1 saturated heterocycles. The van der Waals surface area contributed by atoms with E-state index in [1.807, 2.05) is 25.2 Å². The molecule has 0 bridgehead atoms. The number of aromatic nitrogens is 1. The van der Waals surface area contributed by atoms with Crippen LogP contribution in [0.2, 0.25) is 0 Å². The van der Waals surface area contributed by atoms with Crippen LogP contribution in [0, 0.1) is 0 Å². The lowest BCUT2D eigenvalue weighted by Crippen LogP contribution is -2.38. The molecule has 1 amide bonds. The maximum absolute atomic E-state index is 12.8. The van der Waals surface area contributed by atoms with Gasteiger partial charge in [-0.15, -0.1) is 24.8 Å². The lowest BCUT2D eigenvalue weighted by molar-refractivity contribution is 0.0739. The highest BCUT2D eigenvalue weighted by molar-refractivity contribution is 5.97. The van der Waals surface area contributed by atoms with Gasteiger partial charge in [-0.05, 0) is 31.2 Å². The van der Waals surface area contributed by atoms with Crippen LogP contribution in [0.4, 0.5) is 0 Å². The van der Waals surface area contributed by atoms with Gasteiger partial charge in [-0.3, -0.25) is 4.79 Å². The third kappa shape index (κ3) is 3.75. The summed E-state index contributed by atoms with van der Waals surface area (Å²) in [4.78, 5) is 18.7. The van der Waals surface area contributed by atoms with E-state index in [0.717, 1.165) is 25.1 Å². The molecule has 2 aliphatic heterocycles. The van der Waals surface area contributed by atoms with Gasteiger partial charge in [-0.25, -0.2) is 4.98 Å². The third-order valence-corrected chi connectivity index (χ3v) is 4.48. The van der Waals surface area contributed by atoms with Crippen molar-refractivity contribution in [2.24, 2.45) is 0 Å². The van der Waals surface area contributed by atoms with Crippen LogP contribution in [-0.4, -0.2) is 55.2 Å². The minimum absolute atomic E-state index is 0. The Bertz CT molecular complexity index is 762. The molecule has 1 N–H and O–H groups in total. The van der Waals surface area contributed by atoms with Crippen molar-refractivity contribution in [1.82, 2.24) is 15.2 Å². The Morgan fingerprint density at radius 1 is 1.23 bits per heavy atom. The molecule has 4 rings (SSSR count). The van der Waals surface area contributed by atoms with Gasteiger partial charge in [0, 0.05) is 25.2 Å². The summed E-state index contributed by atoms with van der Waals surface area (Å²) in [6, 6.07) is 5.68. The molecule has 3 heterocycles. The molecule has 1 aromatic carbocycles. The normalized spacial score (nSPS) is 17.8. The van der Waals surface area contributed by atoms with E-state index in [1.165, 1.54) is 6.39 Å². The number of fused-ring (bicyclic) bond motifs is 1. The second-order valence-electron chi connectivity index (χ2n) is 5.95. The molecular formula is C17H21Cl2N3O4. The average Bonchev–Trinajstić information content (AvgIpc) is 3.31. The van der Waals surface area contributed by atoms with Gasteiger partial charge >= 0.3 is 0 Å². The Kier molecular flexibility index (Phi) is 6.75. The fourth-order valence-corrected chi connectivity index (χ4v) is 3.09. The van der Waals surface area contributed by atoms with E-state index in [1.54, 1.807) is 4.90 Å². The summed E-state index contributed by atoms with van der Waals surface area (Å²) in [5, 5.41) is 3.27. The van der Waals surface area contributed by atoms with Crippen LogP contribution in [0.25, 0.3) is 11.3 Å². The average molecular weight is 402 g/mol. The summed E-state index contributed by atoms with van der Waals surface area (Å²) in [7, 11) is 1.81. The molecule has 0 spiro atoms. The van der Waals surface area contributed by atoms with Crippen molar-refractivity contribution in [3.63, 3.8) is 0 Å². The van der Waals surface area contributed by atoms with Gasteiger partial charge in [0.1, 0.15) is 13.2 Å². The number of ether oxygens (including phenoxy) is 2. The zero-order chi connectivity index (χ0) is 16.5. The fourth-order valence-electron chi connectivity index (χ4n) is 3.09. The number of amides is 1. The SMILES string of the molecule is CN(C(=O)c1ncoc1-c1ccc2c(c1)OCCO2)C1CCNC1.Cl.Cl. The number of benzene rings is 1. The van der Waals surface area contributed by atoms with E-state index < -0.39 is 0 Å². The Balaban J connectivity index is 0.00000121. The van der Waals surface area contributed by atoms with Crippen molar-refractivity contribution < 1.29 is 18.7 Å². The maximum Gasteiger partial charge on any atom is 0.276 e. The van der Waals surface area contributed by atoms with Gasteiger partial charge in [0.25, 0.3) is 5.91 Å². The lowest BCUT2D eigenvalue weighted by atomic mass is 10.1. The predicted molar refractivity (Wildman–Crippen MR) is 101 cm³/mol. The zero-order valence-electron chi connectivity index (χ0n) is 14.3. The van der Waals surface area contributed by atoms with Gasteiger partial charge in [-0.2, -0.15) is 0 Å². The highest BCUT2D eigenvalue weighted by atomic mass is 35.5. The van der Waals surface area contributed by atoms with E-state index in [0.29, 0.717) is 36.2 Å². The minimum atomic E-state index is -0.137. The highest BCUT2D eigenvalue weighted by Crippen LogP contribution is 2.35. The largest absolute Gasteiger partial charge is 0.486 e. The van der Waals surface area contributed by atoms with Gasteiger partial charge in [0.15, 0.2) is 29.3 Å². The van der Waals surface area contributed by atoms with Gasteiger partial charge < -0.3 is 24.1 Å². The molecular weight excluding hydrogens is 381 g/mol. The highest BCUT2D eigenvalue weighted by Gasteiger charge is 2.28. The predicted octanol–water partition coefficient (Wildman–Crippen LogP) is 2.39. The molecule has 2 aliphatic rings. The van der Waals surface area contributed by atoms with Crippen LogP contribution in [0.15, 0.2) is 29.0 Å². The van der Waals surface area contributed by atoms with Gasteiger partial charge in [-0.1, -0.05) is 0 Å². The number of rotatable bonds is 3. The fraction of sp³-hybridized carbons (Fsp3) is 0.412. The van der Waals surface area contributed by atoms with E-state index in [-0.39, 0.29) is 36.8 Å². The molecule has 0 aliphatic carbocycles. The van der Waals surface area contributed by atoms with Crippen molar-refractivity contribution in [2.75, 3.05) is 33.4 Å². The number of likely N-dealkylation sites (N-methyl/N-ethyl adjacent to an activating group) is 1. The van der Waals surface area contributed by atoms with Crippen molar-refractivity contribution in [3.05, 3.63) is 30.3 Å². The second kappa shape index (κ2) is 8.62. The summed E-state index contributed by atoms with van der Waals surface area (Å²) in [6.07, 6.45) is 2.25. The minimum Gasteiger partial charge on any atom is -0.486 e. The molecule has 1 unspecified atom stereocenters. The van der Waals surface area contributed by atoms with Crippen LogP contribution < -0.4 is 14.8 Å². The number of nitrogens with zero attached hydrogens (tertiary/aromatic N) is 2. The first-order valence-corrected chi connectivity index (χ1v) is 8.05. The van der Waals surface area contributed by atoms with E-state index >= 15 is 0 Å². The molecule has 26 heavy (non-hydrogen) atoms. The topological polar surface area (TPSA) is 76.8 Å². The molecule has 0 radical (unpaired) electrons. The number of hydrogen-bond donors (Lipinski definition) is 1. The summed E-state index contributed by atoms with van der Waals surface area (Å²) in [6.45, 7) is 2.78. The lowest BCUT2D eigenvalue weighted by Gasteiger charge is -2.23. The van der Waals surface area contributed by atoms with Crippen molar-refractivity contribution in [2.45, 2.75) is 12.5 Å². The van der Waals surface area contributed by atoms with Crippen LogP contribution in [0.1, 0.15) is 16.9 Å². The van der Waals surface area contributed by atoms with E-state index in [4.69, 9.17) is 13.9 Å². The molecule has 2 aromatic rings. The van der Waals surface area contributed by atoms with Crippen LogP contribution in [0.3, 0.4) is 0 Å². The summed E-state index contributed by atoms with van der Waals surface area (Å²) in [5.74, 6) is 1.67. The smallest absolute Gasteiger partial charge is 0.276 e. The van der Waals surface area contributed by atoms with Crippen molar-refractivity contribution >= 4 is 30.7 Å². The number of hydrogen-bond acceptors (Lipinski definition) is 6. The molecule has 1 fully saturated rings.